The first-order chi connectivity index (χ1) is 13.1. The van der Waals surface area contributed by atoms with Crippen LogP contribution in [0, 0.1) is 0 Å². The number of carbonyl (C=O) groups excluding carboxylic acids is 2. The number of anilines is 1. The van der Waals surface area contributed by atoms with Crippen LogP contribution in [0.4, 0.5) is 5.69 Å². The summed E-state index contributed by atoms with van der Waals surface area (Å²) >= 11 is 0. The Balaban J connectivity index is 1.72. The first kappa shape index (κ1) is 20.5. The van der Waals surface area contributed by atoms with Crippen LogP contribution in [0.5, 0.6) is 5.75 Å². The highest BCUT2D eigenvalue weighted by atomic mass is 16.5. The maximum atomic E-state index is 12.2. The van der Waals surface area contributed by atoms with E-state index in [9.17, 15) is 9.59 Å². The van der Waals surface area contributed by atoms with E-state index in [1.807, 2.05) is 42.5 Å². The quantitative estimate of drug-likeness (QED) is 0.590. The fourth-order valence-electron chi connectivity index (χ4n) is 2.68. The molecule has 5 nitrogen and oxygen atoms in total. The second-order valence-electron chi connectivity index (χ2n) is 6.42. The average molecular weight is 368 g/mol. The maximum absolute atomic E-state index is 12.2. The van der Waals surface area contributed by atoms with Gasteiger partial charge in [-0.25, -0.2) is 0 Å². The molecule has 0 aliphatic rings. The molecule has 144 valence electrons. The minimum atomic E-state index is -0.0198. The largest absolute Gasteiger partial charge is 0.491 e. The molecule has 0 saturated carbocycles. The van der Waals surface area contributed by atoms with Gasteiger partial charge >= 0.3 is 0 Å². The summed E-state index contributed by atoms with van der Waals surface area (Å²) in [5, 5.41) is 5.69. The van der Waals surface area contributed by atoms with E-state index in [2.05, 4.69) is 22.8 Å². The molecule has 27 heavy (non-hydrogen) atoms. The van der Waals surface area contributed by atoms with E-state index in [1.54, 1.807) is 0 Å². The molecule has 0 aromatic heterocycles. The van der Waals surface area contributed by atoms with E-state index in [1.165, 1.54) is 12.5 Å². The van der Waals surface area contributed by atoms with Crippen molar-refractivity contribution in [3.8, 4) is 5.75 Å². The first-order valence-electron chi connectivity index (χ1n) is 9.45. The van der Waals surface area contributed by atoms with Crippen LogP contribution in [0.2, 0.25) is 0 Å². The summed E-state index contributed by atoms with van der Waals surface area (Å²) in [4.78, 5) is 23.0. The predicted molar refractivity (Wildman–Crippen MR) is 108 cm³/mol. The second kappa shape index (κ2) is 11.7. The van der Waals surface area contributed by atoms with Gasteiger partial charge in [0.25, 0.3) is 0 Å². The molecule has 2 aromatic carbocycles. The van der Waals surface area contributed by atoms with Crippen molar-refractivity contribution < 1.29 is 14.3 Å². The number of benzene rings is 2. The van der Waals surface area contributed by atoms with Crippen molar-refractivity contribution in [2.24, 2.45) is 0 Å². The normalized spacial score (nSPS) is 10.3. The van der Waals surface area contributed by atoms with E-state index in [-0.39, 0.29) is 11.8 Å². The number of hydrogen-bond donors (Lipinski definition) is 2. The molecule has 0 heterocycles. The Morgan fingerprint density at radius 3 is 2.44 bits per heavy atom. The van der Waals surface area contributed by atoms with Crippen LogP contribution in [0.25, 0.3) is 0 Å². The summed E-state index contributed by atoms with van der Waals surface area (Å²) in [5.41, 5.74) is 1.92. The lowest BCUT2D eigenvalue weighted by atomic mass is 10.1. The molecule has 2 aromatic rings. The number of amides is 2. The second-order valence-corrected chi connectivity index (χ2v) is 6.42. The molecule has 0 saturated heterocycles. The van der Waals surface area contributed by atoms with Gasteiger partial charge in [-0.3, -0.25) is 9.59 Å². The molecule has 0 bridgehead atoms. The van der Waals surface area contributed by atoms with Crippen LogP contribution in [-0.4, -0.2) is 25.0 Å². The predicted octanol–water partition coefficient (Wildman–Crippen LogP) is 3.94. The van der Waals surface area contributed by atoms with E-state index >= 15 is 0 Å². The van der Waals surface area contributed by atoms with Gasteiger partial charge in [0.1, 0.15) is 5.75 Å². The first-order valence-corrected chi connectivity index (χ1v) is 9.45. The van der Waals surface area contributed by atoms with Gasteiger partial charge in [0, 0.05) is 26.3 Å². The van der Waals surface area contributed by atoms with Crippen molar-refractivity contribution in [2.45, 2.75) is 39.0 Å². The minimum absolute atomic E-state index is 0.0170. The third-order valence-electron chi connectivity index (χ3n) is 4.11. The van der Waals surface area contributed by atoms with Crippen LogP contribution in [0.1, 0.15) is 38.2 Å². The monoisotopic (exact) mass is 368 g/mol. The van der Waals surface area contributed by atoms with E-state index in [0.29, 0.717) is 31.0 Å². The Morgan fingerprint density at radius 2 is 1.67 bits per heavy atom. The van der Waals surface area contributed by atoms with Crippen LogP contribution < -0.4 is 15.4 Å². The Kier molecular flexibility index (Phi) is 8.90. The fraction of sp³-hybridized carbons (Fsp3) is 0.364. The molecule has 0 atom stereocenters. The van der Waals surface area contributed by atoms with Gasteiger partial charge in [-0.05, 0) is 30.5 Å². The number of para-hydroxylation sites is 2. The lowest BCUT2D eigenvalue weighted by Gasteiger charge is -2.12. The zero-order valence-electron chi connectivity index (χ0n) is 15.9. The van der Waals surface area contributed by atoms with Gasteiger partial charge < -0.3 is 15.4 Å². The Labute approximate surface area is 161 Å². The summed E-state index contributed by atoms with van der Waals surface area (Å²) in [5.74, 6) is 0.651. The van der Waals surface area contributed by atoms with Gasteiger partial charge in [0.15, 0.2) is 0 Å². The van der Waals surface area contributed by atoms with Crippen molar-refractivity contribution in [3.05, 3.63) is 60.2 Å². The fourth-order valence-corrected chi connectivity index (χ4v) is 2.68. The Hall–Kier alpha value is -2.82. The molecule has 2 N–H and O–H groups in total. The lowest BCUT2D eigenvalue weighted by molar-refractivity contribution is -0.119. The minimum Gasteiger partial charge on any atom is -0.491 e. The van der Waals surface area contributed by atoms with Crippen molar-refractivity contribution in [1.82, 2.24) is 5.32 Å². The lowest BCUT2D eigenvalue weighted by Crippen LogP contribution is -2.20. The Bertz CT molecular complexity index is 717. The van der Waals surface area contributed by atoms with Gasteiger partial charge in [0.05, 0.1) is 12.3 Å². The van der Waals surface area contributed by atoms with Crippen LogP contribution in [0.15, 0.2) is 54.6 Å². The third kappa shape index (κ3) is 8.40. The Morgan fingerprint density at radius 1 is 0.926 bits per heavy atom. The zero-order chi connectivity index (χ0) is 19.3. The maximum Gasteiger partial charge on any atom is 0.224 e. The van der Waals surface area contributed by atoms with Crippen molar-refractivity contribution in [1.29, 1.82) is 0 Å². The van der Waals surface area contributed by atoms with E-state index in [0.717, 1.165) is 25.7 Å². The third-order valence-corrected chi connectivity index (χ3v) is 4.11. The SMILES string of the molecule is CC(=O)NCCCCCC(=O)Nc1ccccc1OCCc1ccccc1. The molecule has 2 amide bonds. The topological polar surface area (TPSA) is 67.4 Å². The molecular formula is C22H28N2O3. The summed E-state index contributed by atoms with van der Waals surface area (Å²) in [6.07, 6.45) is 3.85. The standard InChI is InChI=1S/C22H28N2O3/c1-18(25)23-16-9-3-6-14-22(26)24-20-12-7-8-13-21(20)27-17-15-19-10-4-2-5-11-19/h2,4-5,7-8,10-13H,3,6,9,14-17H2,1H3,(H,23,25)(H,24,26). The van der Waals surface area contributed by atoms with Gasteiger partial charge in [-0.1, -0.05) is 48.9 Å². The van der Waals surface area contributed by atoms with Crippen LogP contribution >= 0.6 is 0 Å². The molecule has 0 radical (unpaired) electrons. The van der Waals surface area contributed by atoms with Gasteiger partial charge in [0.2, 0.25) is 11.8 Å². The summed E-state index contributed by atoms with van der Waals surface area (Å²) in [7, 11) is 0. The number of unbranched alkanes of at least 4 members (excludes halogenated alkanes) is 2. The van der Waals surface area contributed by atoms with Crippen molar-refractivity contribution in [3.63, 3.8) is 0 Å². The summed E-state index contributed by atoms with van der Waals surface area (Å²) in [6.45, 7) is 2.72. The van der Waals surface area contributed by atoms with Gasteiger partial charge in [-0.15, -0.1) is 0 Å². The number of carbonyl (C=O) groups is 2. The molecular weight excluding hydrogens is 340 g/mol. The molecule has 0 spiro atoms. The van der Waals surface area contributed by atoms with E-state index in [4.69, 9.17) is 4.74 Å². The molecule has 5 heteroatoms. The number of rotatable bonds is 11. The number of nitrogens with one attached hydrogen (secondary N) is 2. The van der Waals surface area contributed by atoms with Crippen LogP contribution in [0.3, 0.4) is 0 Å². The number of hydrogen-bond acceptors (Lipinski definition) is 3. The number of ether oxygens (including phenoxy) is 1. The highest BCUT2D eigenvalue weighted by Crippen LogP contribution is 2.24. The highest BCUT2D eigenvalue weighted by Gasteiger charge is 2.07. The molecule has 0 aliphatic carbocycles. The molecule has 0 unspecified atom stereocenters. The molecule has 0 aliphatic heterocycles. The van der Waals surface area contributed by atoms with E-state index < -0.39 is 0 Å². The van der Waals surface area contributed by atoms with Crippen molar-refractivity contribution >= 4 is 17.5 Å². The zero-order valence-corrected chi connectivity index (χ0v) is 15.9. The highest BCUT2D eigenvalue weighted by molar-refractivity contribution is 5.92. The summed E-state index contributed by atoms with van der Waals surface area (Å²) < 4.78 is 5.87. The van der Waals surface area contributed by atoms with Crippen LogP contribution in [-0.2, 0) is 16.0 Å². The molecule has 2 rings (SSSR count). The van der Waals surface area contributed by atoms with Gasteiger partial charge in [-0.2, -0.15) is 0 Å². The molecule has 0 fully saturated rings. The summed E-state index contributed by atoms with van der Waals surface area (Å²) in [6, 6.07) is 17.7. The average Bonchev–Trinajstić information content (AvgIpc) is 2.66. The van der Waals surface area contributed by atoms with Crippen molar-refractivity contribution in [2.75, 3.05) is 18.5 Å². The smallest absolute Gasteiger partial charge is 0.224 e.